The minimum atomic E-state index is -3.74. The number of carboxylic acid groups (broad SMARTS) is 1. The number of aromatic nitrogens is 1. The van der Waals surface area contributed by atoms with Crippen LogP contribution in [-0.4, -0.2) is 62.1 Å². The molecule has 0 unspecified atom stereocenters. The van der Waals surface area contributed by atoms with E-state index in [1.165, 1.54) is 17.2 Å². The molecule has 2 amide bonds. The van der Waals surface area contributed by atoms with Gasteiger partial charge in [-0.2, -0.15) is 0 Å². The van der Waals surface area contributed by atoms with Crippen molar-refractivity contribution in [2.24, 2.45) is 0 Å². The zero-order chi connectivity index (χ0) is 29.9. The smallest absolute Gasteiger partial charge is 0.412 e. The number of unbranched alkanes of at least 4 members (excludes halogenated alkanes) is 2. The molecule has 1 aromatic heterocycles. The Morgan fingerprint density at radius 3 is 2.48 bits per heavy atom. The molecule has 220 valence electrons. The number of nitrogens with zero attached hydrogens (tertiary/aromatic N) is 2. The summed E-state index contributed by atoms with van der Waals surface area (Å²) in [6, 6.07) is 6.61. The van der Waals surface area contributed by atoms with Crippen LogP contribution in [0.25, 0.3) is 6.08 Å². The number of anilines is 1. The molecule has 0 aliphatic rings. The summed E-state index contributed by atoms with van der Waals surface area (Å²) in [5, 5.41) is 9.71. The Balaban J connectivity index is 2.35. The Kier molecular flexibility index (Phi) is 11.9. The van der Waals surface area contributed by atoms with Gasteiger partial charge in [0.1, 0.15) is 18.1 Å². The van der Waals surface area contributed by atoms with Crippen LogP contribution in [0, 0.1) is 6.92 Å². The summed E-state index contributed by atoms with van der Waals surface area (Å²) in [6.45, 7) is 9.71. The van der Waals surface area contributed by atoms with Gasteiger partial charge in [-0.15, -0.1) is 0 Å². The van der Waals surface area contributed by atoms with E-state index >= 15 is 0 Å². The fourth-order valence-electron chi connectivity index (χ4n) is 3.68. The Labute approximate surface area is 236 Å². The van der Waals surface area contributed by atoms with Crippen LogP contribution in [0.4, 0.5) is 10.5 Å². The van der Waals surface area contributed by atoms with Gasteiger partial charge in [0.15, 0.2) is 0 Å². The highest BCUT2D eigenvalue weighted by Crippen LogP contribution is 2.33. The van der Waals surface area contributed by atoms with Crippen molar-refractivity contribution in [1.29, 1.82) is 0 Å². The molecule has 40 heavy (non-hydrogen) atoms. The summed E-state index contributed by atoms with van der Waals surface area (Å²) in [4.78, 5) is 29.8. The standard InChI is InChI=1S/C28H39N3O8S/c1-7-8-9-16-40(35,36)30-25(32)13-11-21-10-12-23(38-15-14-37-6)18-24(21)39-26-20(2)17-22(19-29-26)31(27(33)34)28(3,4)5/h10-13,17-19H,7-9,14-16H2,1-6H3,(H,30,32)(H,33,34). The van der Waals surface area contributed by atoms with E-state index in [0.29, 0.717) is 47.9 Å². The third-order valence-electron chi connectivity index (χ3n) is 5.57. The first-order chi connectivity index (χ1) is 18.8. The quantitative estimate of drug-likeness (QED) is 0.230. The molecule has 0 atom stereocenters. The molecular formula is C28H39N3O8S. The fourth-order valence-corrected chi connectivity index (χ4v) is 4.75. The average Bonchev–Trinajstić information content (AvgIpc) is 2.84. The SMILES string of the molecule is CCCCCS(=O)(=O)NC(=O)C=Cc1ccc(OCCOC)cc1Oc1ncc(N(C(=O)O)C(C)(C)C)cc1C. The van der Waals surface area contributed by atoms with Crippen LogP contribution >= 0.6 is 0 Å². The second kappa shape index (κ2) is 14.7. The molecule has 0 aliphatic heterocycles. The number of methoxy groups -OCH3 is 1. The third kappa shape index (κ3) is 10.2. The van der Waals surface area contributed by atoms with Crippen molar-refractivity contribution in [2.75, 3.05) is 31.0 Å². The van der Waals surface area contributed by atoms with Crippen LogP contribution in [0.5, 0.6) is 17.4 Å². The lowest BCUT2D eigenvalue weighted by Gasteiger charge is -2.33. The molecule has 2 N–H and O–H groups in total. The minimum Gasteiger partial charge on any atom is -0.491 e. The molecule has 11 nitrogen and oxygen atoms in total. The van der Waals surface area contributed by atoms with Gasteiger partial charge in [0, 0.05) is 35.9 Å². The number of aryl methyl sites for hydroxylation is 1. The first-order valence-corrected chi connectivity index (χ1v) is 14.6. The molecule has 0 saturated heterocycles. The zero-order valence-electron chi connectivity index (χ0n) is 23.9. The highest BCUT2D eigenvalue weighted by Gasteiger charge is 2.28. The van der Waals surface area contributed by atoms with Crippen molar-refractivity contribution >= 4 is 33.8 Å². The molecule has 2 rings (SSSR count). The number of pyridine rings is 1. The Bertz CT molecular complexity index is 1300. The Hall–Kier alpha value is -3.64. The van der Waals surface area contributed by atoms with Crippen molar-refractivity contribution in [2.45, 2.75) is 59.4 Å². The number of carbonyl (C=O) groups is 2. The Morgan fingerprint density at radius 2 is 1.88 bits per heavy atom. The van der Waals surface area contributed by atoms with Crippen molar-refractivity contribution < 1.29 is 37.3 Å². The number of hydrogen-bond donors (Lipinski definition) is 2. The first kappa shape index (κ1) is 32.6. The predicted octanol–water partition coefficient (Wildman–Crippen LogP) is 5.14. The van der Waals surface area contributed by atoms with Gasteiger partial charge in [0.05, 0.1) is 24.2 Å². The molecule has 0 spiro atoms. The maximum atomic E-state index is 12.3. The fraction of sp³-hybridized carbons (Fsp3) is 0.464. The van der Waals surface area contributed by atoms with Crippen LogP contribution < -0.4 is 19.1 Å². The number of ether oxygens (including phenoxy) is 3. The number of rotatable bonds is 14. The number of hydrogen-bond acceptors (Lipinski definition) is 8. The van der Waals surface area contributed by atoms with Gasteiger partial charge in [0.25, 0.3) is 5.91 Å². The van der Waals surface area contributed by atoms with Crippen molar-refractivity contribution in [1.82, 2.24) is 9.71 Å². The van der Waals surface area contributed by atoms with E-state index in [2.05, 4.69) is 4.98 Å². The summed E-state index contributed by atoms with van der Waals surface area (Å²) in [7, 11) is -2.18. The van der Waals surface area contributed by atoms with E-state index in [1.807, 2.05) is 11.6 Å². The molecule has 0 saturated carbocycles. The summed E-state index contributed by atoms with van der Waals surface area (Å²) >= 11 is 0. The summed E-state index contributed by atoms with van der Waals surface area (Å²) in [5.41, 5.74) is 0.728. The molecule has 1 heterocycles. The summed E-state index contributed by atoms with van der Waals surface area (Å²) in [6.07, 6.45) is 4.93. The van der Waals surface area contributed by atoms with Gasteiger partial charge in [-0.3, -0.25) is 9.69 Å². The zero-order valence-corrected chi connectivity index (χ0v) is 24.7. The minimum absolute atomic E-state index is 0.127. The number of benzene rings is 1. The molecule has 0 bridgehead atoms. The Morgan fingerprint density at radius 1 is 1.15 bits per heavy atom. The number of sulfonamides is 1. The highest BCUT2D eigenvalue weighted by molar-refractivity contribution is 7.90. The molecule has 0 aliphatic carbocycles. The lowest BCUT2D eigenvalue weighted by atomic mass is 10.1. The number of amides is 2. The third-order valence-corrected chi connectivity index (χ3v) is 6.91. The van der Waals surface area contributed by atoms with Gasteiger partial charge < -0.3 is 19.3 Å². The van der Waals surface area contributed by atoms with Gasteiger partial charge in [-0.1, -0.05) is 19.8 Å². The first-order valence-electron chi connectivity index (χ1n) is 12.9. The van der Waals surface area contributed by atoms with Crippen LogP contribution in [0.1, 0.15) is 58.1 Å². The van der Waals surface area contributed by atoms with E-state index in [0.717, 1.165) is 18.9 Å². The van der Waals surface area contributed by atoms with Crippen LogP contribution in [0.2, 0.25) is 0 Å². The normalized spacial score (nSPS) is 11.8. The maximum absolute atomic E-state index is 12.3. The summed E-state index contributed by atoms with van der Waals surface area (Å²) in [5.74, 6) is 0.0787. The highest BCUT2D eigenvalue weighted by atomic mass is 32.2. The van der Waals surface area contributed by atoms with Crippen molar-refractivity contribution in [3.63, 3.8) is 0 Å². The average molecular weight is 578 g/mol. The van der Waals surface area contributed by atoms with Crippen molar-refractivity contribution in [3.8, 4) is 17.4 Å². The lowest BCUT2D eigenvalue weighted by Crippen LogP contribution is -2.45. The second-order valence-electron chi connectivity index (χ2n) is 10.1. The topological polar surface area (TPSA) is 144 Å². The van der Waals surface area contributed by atoms with Gasteiger partial charge in [-0.25, -0.2) is 22.9 Å². The van der Waals surface area contributed by atoms with Gasteiger partial charge in [0.2, 0.25) is 15.9 Å². The largest absolute Gasteiger partial charge is 0.491 e. The van der Waals surface area contributed by atoms with E-state index in [9.17, 15) is 23.1 Å². The number of carbonyl (C=O) groups excluding carboxylic acids is 1. The second-order valence-corrected chi connectivity index (χ2v) is 11.9. The molecule has 1 aromatic carbocycles. The summed E-state index contributed by atoms with van der Waals surface area (Å²) < 4.78 is 43.1. The molecule has 0 radical (unpaired) electrons. The van der Waals surface area contributed by atoms with Crippen LogP contribution in [-0.2, 0) is 19.6 Å². The molecule has 12 heteroatoms. The van der Waals surface area contributed by atoms with E-state index in [-0.39, 0.29) is 11.6 Å². The van der Waals surface area contributed by atoms with Crippen molar-refractivity contribution in [3.05, 3.63) is 47.7 Å². The maximum Gasteiger partial charge on any atom is 0.412 e. The van der Waals surface area contributed by atoms with Gasteiger partial charge >= 0.3 is 6.09 Å². The molecular weight excluding hydrogens is 538 g/mol. The van der Waals surface area contributed by atoms with Crippen LogP contribution in [0.15, 0.2) is 36.5 Å². The van der Waals surface area contributed by atoms with E-state index in [1.54, 1.807) is 59.1 Å². The van der Waals surface area contributed by atoms with E-state index < -0.39 is 27.6 Å². The van der Waals surface area contributed by atoms with Crippen LogP contribution in [0.3, 0.4) is 0 Å². The van der Waals surface area contributed by atoms with Gasteiger partial charge in [-0.05, 0) is 58.4 Å². The lowest BCUT2D eigenvalue weighted by molar-refractivity contribution is -0.114. The predicted molar refractivity (Wildman–Crippen MR) is 154 cm³/mol. The number of nitrogens with one attached hydrogen (secondary N) is 1. The molecule has 0 fully saturated rings. The van der Waals surface area contributed by atoms with E-state index in [4.69, 9.17) is 14.2 Å². The monoisotopic (exact) mass is 577 g/mol. The molecule has 2 aromatic rings.